The molecule has 76 valence electrons. The Hall–Kier alpha value is -0.920. The zero-order valence-electron chi connectivity index (χ0n) is 7.53. The summed E-state index contributed by atoms with van der Waals surface area (Å²) in [5.74, 6) is -0.383. The topological polar surface area (TPSA) is 72.2 Å². The number of carboxylic acids is 1. The van der Waals surface area contributed by atoms with E-state index in [4.69, 9.17) is 5.11 Å². The van der Waals surface area contributed by atoms with Crippen molar-refractivity contribution in [3.05, 3.63) is 25.9 Å². The number of halogens is 1. The van der Waals surface area contributed by atoms with Crippen molar-refractivity contribution in [3.8, 4) is 0 Å². The molecular weight excluding hydrogens is 299 g/mol. The Morgan fingerprint density at radius 3 is 2.93 bits per heavy atom. The van der Waals surface area contributed by atoms with Crippen LogP contribution in [0.15, 0.2) is 11.0 Å². The summed E-state index contributed by atoms with van der Waals surface area (Å²) in [4.78, 5) is 25.8. The number of nitrogens with zero attached hydrogens (tertiary/aromatic N) is 2. The minimum Gasteiger partial charge on any atom is -0.481 e. The molecule has 0 amide bonds. The van der Waals surface area contributed by atoms with Gasteiger partial charge in [0.25, 0.3) is 5.56 Å². The SMILES string of the molecule is Cc1ncc(I)c(=O)n1CCC(=O)O. The zero-order chi connectivity index (χ0) is 10.7. The van der Waals surface area contributed by atoms with Crippen LogP contribution >= 0.6 is 22.6 Å². The van der Waals surface area contributed by atoms with E-state index in [1.54, 1.807) is 6.92 Å². The molecule has 6 heteroatoms. The molecule has 1 rings (SSSR count). The molecule has 5 nitrogen and oxygen atoms in total. The Kier molecular flexibility index (Phi) is 3.62. The van der Waals surface area contributed by atoms with E-state index in [1.165, 1.54) is 10.8 Å². The van der Waals surface area contributed by atoms with Crippen LogP contribution in [0.1, 0.15) is 12.2 Å². The summed E-state index contributed by atoms with van der Waals surface area (Å²) < 4.78 is 1.87. The van der Waals surface area contributed by atoms with Crippen molar-refractivity contribution in [1.29, 1.82) is 0 Å². The second kappa shape index (κ2) is 4.54. The van der Waals surface area contributed by atoms with Crippen molar-refractivity contribution in [2.24, 2.45) is 0 Å². The normalized spacial score (nSPS) is 10.1. The second-order valence-corrected chi connectivity index (χ2v) is 3.92. The van der Waals surface area contributed by atoms with E-state index in [-0.39, 0.29) is 18.5 Å². The van der Waals surface area contributed by atoms with Crippen molar-refractivity contribution in [3.63, 3.8) is 0 Å². The summed E-state index contributed by atoms with van der Waals surface area (Å²) in [6, 6.07) is 0. The van der Waals surface area contributed by atoms with Gasteiger partial charge in [0.15, 0.2) is 0 Å². The average Bonchev–Trinajstić information content (AvgIpc) is 2.11. The van der Waals surface area contributed by atoms with Crippen molar-refractivity contribution in [2.75, 3.05) is 0 Å². The number of aromatic nitrogens is 2. The smallest absolute Gasteiger partial charge is 0.305 e. The lowest BCUT2D eigenvalue weighted by molar-refractivity contribution is -0.137. The highest BCUT2D eigenvalue weighted by Crippen LogP contribution is 1.98. The van der Waals surface area contributed by atoms with E-state index in [0.717, 1.165) is 0 Å². The van der Waals surface area contributed by atoms with Gasteiger partial charge in [0.05, 0.1) is 9.99 Å². The lowest BCUT2D eigenvalue weighted by Gasteiger charge is -2.06. The highest BCUT2D eigenvalue weighted by molar-refractivity contribution is 14.1. The Balaban J connectivity index is 3.01. The van der Waals surface area contributed by atoms with Gasteiger partial charge in [-0.2, -0.15) is 0 Å². The van der Waals surface area contributed by atoms with E-state index in [2.05, 4.69) is 4.98 Å². The maximum Gasteiger partial charge on any atom is 0.305 e. The van der Waals surface area contributed by atoms with Gasteiger partial charge in [-0.15, -0.1) is 0 Å². The van der Waals surface area contributed by atoms with Gasteiger partial charge in [-0.1, -0.05) is 0 Å². The maximum absolute atomic E-state index is 11.5. The molecule has 0 aliphatic heterocycles. The van der Waals surface area contributed by atoms with Crippen molar-refractivity contribution < 1.29 is 9.90 Å². The van der Waals surface area contributed by atoms with Crippen LogP contribution in [-0.2, 0) is 11.3 Å². The first-order valence-corrected chi connectivity index (χ1v) is 5.04. The van der Waals surface area contributed by atoms with E-state index < -0.39 is 5.97 Å². The molecule has 14 heavy (non-hydrogen) atoms. The van der Waals surface area contributed by atoms with Gasteiger partial charge >= 0.3 is 5.97 Å². The minimum atomic E-state index is -0.921. The number of carbonyl (C=O) groups is 1. The van der Waals surface area contributed by atoms with Gasteiger partial charge in [-0.25, -0.2) is 4.98 Å². The third-order valence-corrected chi connectivity index (χ3v) is 2.49. The summed E-state index contributed by atoms with van der Waals surface area (Å²) in [6.45, 7) is 1.85. The third kappa shape index (κ3) is 2.53. The Bertz CT molecular complexity index is 414. The van der Waals surface area contributed by atoms with Crippen LogP contribution in [0.5, 0.6) is 0 Å². The molecule has 0 radical (unpaired) electrons. The van der Waals surface area contributed by atoms with Crippen molar-refractivity contribution in [2.45, 2.75) is 19.9 Å². The van der Waals surface area contributed by atoms with Gasteiger partial charge in [-0.05, 0) is 29.5 Å². The van der Waals surface area contributed by atoms with Crippen LogP contribution in [0.4, 0.5) is 0 Å². The minimum absolute atomic E-state index is 0.0669. The molecular formula is C8H9IN2O3. The highest BCUT2D eigenvalue weighted by atomic mass is 127. The van der Waals surface area contributed by atoms with Crippen LogP contribution in [0.2, 0.25) is 0 Å². The standard InChI is InChI=1S/C8H9IN2O3/c1-5-10-4-6(9)8(14)11(5)3-2-7(12)13/h4H,2-3H2,1H3,(H,12,13). The summed E-state index contributed by atoms with van der Waals surface area (Å²) in [5, 5.41) is 8.49. The molecule has 1 aromatic rings. The van der Waals surface area contributed by atoms with Crippen LogP contribution < -0.4 is 5.56 Å². The number of hydrogen-bond donors (Lipinski definition) is 1. The molecule has 0 saturated carbocycles. The third-order valence-electron chi connectivity index (χ3n) is 1.75. The molecule has 1 heterocycles. The molecule has 0 aromatic carbocycles. The molecule has 0 saturated heterocycles. The van der Waals surface area contributed by atoms with Crippen molar-refractivity contribution in [1.82, 2.24) is 9.55 Å². The Morgan fingerprint density at radius 1 is 1.71 bits per heavy atom. The summed E-state index contributed by atoms with van der Waals surface area (Å²) >= 11 is 1.88. The maximum atomic E-state index is 11.5. The molecule has 1 N–H and O–H groups in total. The summed E-state index contributed by atoms with van der Waals surface area (Å²) in [5.41, 5.74) is -0.181. The molecule has 0 aliphatic rings. The largest absolute Gasteiger partial charge is 0.481 e. The zero-order valence-corrected chi connectivity index (χ0v) is 9.69. The monoisotopic (exact) mass is 308 g/mol. The molecule has 0 unspecified atom stereocenters. The van der Waals surface area contributed by atoms with Gasteiger partial charge in [-0.3, -0.25) is 14.2 Å². The molecule has 0 fully saturated rings. The molecule has 1 aromatic heterocycles. The predicted molar refractivity (Wildman–Crippen MR) is 58.2 cm³/mol. The first kappa shape index (κ1) is 11.2. The molecule has 0 aliphatic carbocycles. The number of rotatable bonds is 3. The highest BCUT2D eigenvalue weighted by Gasteiger charge is 2.06. The second-order valence-electron chi connectivity index (χ2n) is 2.75. The van der Waals surface area contributed by atoms with Gasteiger partial charge in [0, 0.05) is 12.7 Å². The first-order chi connectivity index (χ1) is 6.52. The van der Waals surface area contributed by atoms with Gasteiger partial charge in [0.2, 0.25) is 0 Å². The molecule has 0 atom stereocenters. The average molecular weight is 308 g/mol. The Morgan fingerprint density at radius 2 is 2.36 bits per heavy atom. The summed E-state index contributed by atoms with van der Waals surface area (Å²) in [6.07, 6.45) is 1.41. The fraction of sp³-hybridized carbons (Fsp3) is 0.375. The van der Waals surface area contributed by atoms with Crippen LogP contribution in [0.3, 0.4) is 0 Å². The fourth-order valence-electron chi connectivity index (χ4n) is 1.02. The van der Waals surface area contributed by atoms with Crippen molar-refractivity contribution >= 4 is 28.6 Å². The van der Waals surface area contributed by atoms with E-state index in [0.29, 0.717) is 9.39 Å². The number of aryl methyl sites for hydroxylation is 1. The lowest BCUT2D eigenvalue weighted by atomic mass is 10.4. The molecule has 0 spiro atoms. The Labute approximate surface area is 93.9 Å². The van der Waals surface area contributed by atoms with E-state index >= 15 is 0 Å². The predicted octanol–water partition coefficient (Wildman–Crippen LogP) is 0.631. The first-order valence-electron chi connectivity index (χ1n) is 3.96. The van der Waals surface area contributed by atoms with E-state index in [9.17, 15) is 9.59 Å². The molecule has 0 bridgehead atoms. The van der Waals surface area contributed by atoms with Crippen LogP contribution in [0.25, 0.3) is 0 Å². The fourth-order valence-corrected chi connectivity index (χ4v) is 1.45. The number of carboxylic acid groups (broad SMARTS) is 1. The van der Waals surface area contributed by atoms with Gasteiger partial charge in [0.1, 0.15) is 5.82 Å². The number of aliphatic carboxylic acids is 1. The number of hydrogen-bond acceptors (Lipinski definition) is 3. The van der Waals surface area contributed by atoms with Crippen LogP contribution in [-0.4, -0.2) is 20.6 Å². The van der Waals surface area contributed by atoms with Crippen LogP contribution in [0, 0.1) is 10.5 Å². The summed E-state index contributed by atoms with van der Waals surface area (Å²) in [7, 11) is 0. The quantitative estimate of drug-likeness (QED) is 0.832. The van der Waals surface area contributed by atoms with E-state index in [1.807, 2.05) is 22.6 Å². The lowest BCUT2D eigenvalue weighted by Crippen LogP contribution is -2.26. The van der Waals surface area contributed by atoms with Gasteiger partial charge < -0.3 is 5.11 Å².